The van der Waals surface area contributed by atoms with Crippen LogP contribution in [0.15, 0.2) is 66.7 Å². The van der Waals surface area contributed by atoms with Gasteiger partial charge >= 0.3 is 0 Å². The standard InChI is InChI=1S/C31H34Cl2N4O6S/c1-21-15-16-24(37(40)41)18-28(21)36(44(2,42)43)20-30(38)35(19-25-26(32)13-8-14-27(25)33)29(17-22-9-4-3-5-10-22)31(39)34-23-11-6-7-12-23/h3-5,8-10,13-16,18,23,29H,6-7,11-12,17,19-20H2,1-2H3,(H,34,39)/t29-/m1/s1. The number of sulfonamides is 1. The van der Waals surface area contributed by atoms with Crippen molar-refractivity contribution in [3.63, 3.8) is 0 Å². The van der Waals surface area contributed by atoms with Crippen molar-refractivity contribution in [1.82, 2.24) is 10.2 Å². The zero-order chi connectivity index (χ0) is 32.0. The lowest BCUT2D eigenvalue weighted by molar-refractivity contribution is -0.384. The van der Waals surface area contributed by atoms with E-state index < -0.39 is 33.4 Å². The summed E-state index contributed by atoms with van der Waals surface area (Å²) in [5.41, 5.74) is 1.25. The molecule has 1 atom stereocenters. The van der Waals surface area contributed by atoms with Crippen LogP contribution >= 0.6 is 23.2 Å². The number of halogens is 2. The van der Waals surface area contributed by atoms with E-state index in [9.17, 15) is 28.1 Å². The van der Waals surface area contributed by atoms with Gasteiger partial charge in [0.15, 0.2) is 0 Å². The van der Waals surface area contributed by atoms with Gasteiger partial charge in [0.05, 0.1) is 16.9 Å². The highest BCUT2D eigenvalue weighted by Gasteiger charge is 2.35. The van der Waals surface area contributed by atoms with E-state index in [0.29, 0.717) is 11.1 Å². The maximum atomic E-state index is 14.3. The SMILES string of the molecule is Cc1ccc([N+](=O)[O-])cc1N(CC(=O)N(Cc1c(Cl)cccc1Cl)[C@H](Cc1ccccc1)C(=O)NC1CCCC1)S(C)(=O)=O. The number of non-ortho nitro benzene ring substituents is 1. The van der Waals surface area contributed by atoms with Crippen LogP contribution in [0.2, 0.25) is 10.0 Å². The molecule has 44 heavy (non-hydrogen) atoms. The minimum Gasteiger partial charge on any atom is -0.352 e. The summed E-state index contributed by atoms with van der Waals surface area (Å²) in [6.07, 6.45) is 4.67. The maximum Gasteiger partial charge on any atom is 0.271 e. The highest BCUT2D eigenvalue weighted by atomic mass is 35.5. The average molecular weight is 662 g/mol. The van der Waals surface area contributed by atoms with Crippen molar-refractivity contribution in [2.24, 2.45) is 0 Å². The number of nitrogens with zero attached hydrogens (tertiary/aromatic N) is 3. The van der Waals surface area contributed by atoms with Gasteiger partial charge in [-0.1, -0.05) is 78.5 Å². The van der Waals surface area contributed by atoms with Crippen LogP contribution in [-0.2, 0) is 32.6 Å². The van der Waals surface area contributed by atoms with Crippen LogP contribution in [0.1, 0.15) is 42.4 Å². The van der Waals surface area contributed by atoms with Gasteiger partial charge in [-0.3, -0.25) is 24.0 Å². The molecule has 0 radical (unpaired) electrons. The van der Waals surface area contributed by atoms with E-state index in [1.165, 1.54) is 17.0 Å². The number of hydrogen-bond donors (Lipinski definition) is 1. The van der Waals surface area contributed by atoms with Gasteiger partial charge in [-0.15, -0.1) is 0 Å². The second-order valence-corrected chi connectivity index (χ2v) is 13.6. The Kier molecular flexibility index (Phi) is 10.9. The summed E-state index contributed by atoms with van der Waals surface area (Å²) in [5, 5.41) is 15.1. The molecular weight excluding hydrogens is 627 g/mol. The Hall–Kier alpha value is -3.67. The van der Waals surface area contributed by atoms with Crippen molar-refractivity contribution >= 4 is 56.4 Å². The number of nitrogens with one attached hydrogen (secondary N) is 1. The summed E-state index contributed by atoms with van der Waals surface area (Å²) < 4.78 is 27.0. The summed E-state index contributed by atoms with van der Waals surface area (Å²) >= 11 is 13.0. The number of anilines is 1. The van der Waals surface area contributed by atoms with Crippen LogP contribution in [0.4, 0.5) is 11.4 Å². The molecule has 0 aromatic heterocycles. The quantitative estimate of drug-likeness (QED) is 0.197. The molecule has 0 saturated heterocycles. The zero-order valence-electron chi connectivity index (χ0n) is 24.4. The lowest BCUT2D eigenvalue weighted by Gasteiger charge is -2.34. The number of carbonyl (C=O) groups excluding carboxylic acids is 2. The van der Waals surface area contributed by atoms with E-state index in [0.717, 1.165) is 47.9 Å². The van der Waals surface area contributed by atoms with Crippen LogP contribution in [0, 0.1) is 17.0 Å². The second kappa shape index (κ2) is 14.4. The van der Waals surface area contributed by atoms with Crippen molar-refractivity contribution < 1.29 is 22.9 Å². The fourth-order valence-electron chi connectivity index (χ4n) is 5.35. The fourth-order valence-corrected chi connectivity index (χ4v) is 6.77. The number of amides is 2. The molecular formula is C31H34Cl2N4O6S. The first kappa shape index (κ1) is 33.2. The first-order chi connectivity index (χ1) is 20.8. The predicted octanol–water partition coefficient (Wildman–Crippen LogP) is 5.67. The number of carbonyl (C=O) groups is 2. The van der Waals surface area contributed by atoms with Gasteiger partial charge in [0.25, 0.3) is 5.69 Å². The largest absolute Gasteiger partial charge is 0.352 e. The van der Waals surface area contributed by atoms with Gasteiger partial charge in [-0.05, 0) is 43.0 Å². The van der Waals surface area contributed by atoms with Gasteiger partial charge in [0, 0.05) is 46.7 Å². The Morgan fingerprint density at radius 1 is 1.02 bits per heavy atom. The molecule has 234 valence electrons. The predicted molar refractivity (Wildman–Crippen MR) is 171 cm³/mol. The average Bonchev–Trinajstić information content (AvgIpc) is 3.48. The van der Waals surface area contributed by atoms with E-state index >= 15 is 0 Å². The number of rotatable bonds is 12. The van der Waals surface area contributed by atoms with Crippen LogP contribution in [0.25, 0.3) is 0 Å². The van der Waals surface area contributed by atoms with E-state index in [1.807, 2.05) is 30.3 Å². The van der Waals surface area contributed by atoms with Crippen molar-refractivity contribution in [1.29, 1.82) is 0 Å². The second-order valence-electron chi connectivity index (χ2n) is 10.9. The third kappa shape index (κ3) is 8.28. The number of nitro groups is 1. The summed E-state index contributed by atoms with van der Waals surface area (Å²) in [4.78, 5) is 40.5. The summed E-state index contributed by atoms with van der Waals surface area (Å²) in [7, 11) is -4.11. The molecule has 1 aliphatic rings. The van der Waals surface area contributed by atoms with E-state index in [-0.39, 0.29) is 46.3 Å². The zero-order valence-corrected chi connectivity index (χ0v) is 26.7. The van der Waals surface area contributed by atoms with Gasteiger partial charge in [-0.25, -0.2) is 8.42 Å². The van der Waals surface area contributed by atoms with Crippen molar-refractivity contribution in [2.45, 2.75) is 57.7 Å². The summed E-state index contributed by atoms with van der Waals surface area (Å²) in [6, 6.07) is 16.8. The number of nitro benzene ring substituents is 1. The van der Waals surface area contributed by atoms with Crippen LogP contribution in [0.3, 0.4) is 0 Å². The minimum absolute atomic E-state index is 0.0132. The minimum atomic E-state index is -4.11. The van der Waals surface area contributed by atoms with Crippen LogP contribution in [-0.4, -0.2) is 54.9 Å². The van der Waals surface area contributed by atoms with Crippen molar-refractivity contribution in [3.8, 4) is 0 Å². The molecule has 1 aliphatic carbocycles. The fraction of sp³-hybridized carbons (Fsp3) is 0.355. The van der Waals surface area contributed by atoms with Gasteiger partial charge in [0.2, 0.25) is 21.8 Å². The van der Waals surface area contributed by atoms with Crippen LogP contribution in [0.5, 0.6) is 0 Å². The summed E-state index contributed by atoms with van der Waals surface area (Å²) in [5.74, 6) is -1.09. The molecule has 0 heterocycles. The molecule has 1 saturated carbocycles. The topological polar surface area (TPSA) is 130 Å². The highest BCUT2D eigenvalue weighted by Crippen LogP contribution is 2.30. The van der Waals surface area contributed by atoms with E-state index in [4.69, 9.17) is 23.2 Å². The Labute approximate surface area is 267 Å². The Morgan fingerprint density at radius 2 is 1.66 bits per heavy atom. The molecule has 0 spiro atoms. The molecule has 13 heteroatoms. The Bertz CT molecular complexity index is 1610. The number of aryl methyl sites for hydroxylation is 1. The number of hydrogen-bond acceptors (Lipinski definition) is 6. The van der Waals surface area contributed by atoms with Crippen LogP contribution < -0.4 is 9.62 Å². The molecule has 1 fully saturated rings. The third-order valence-electron chi connectivity index (χ3n) is 7.71. The van der Waals surface area contributed by atoms with Crippen molar-refractivity contribution in [2.75, 3.05) is 17.1 Å². The Morgan fingerprint density at radius 3 is 2.25 bits per heavy atom. The lowest BCUT2D eigenvalue weighted by Crippen LogP contribution is -2.54. The first-order valence-electron chi connectivity index (χ1n) is 14.1. The van der Waals surface area contributed by atoms with Gasteiger partial charge < -0.3 is 10.2 Å². The molecule has 2 amide bonds. The molecule has 4 rings (SSSR count). The molecule has 0 bridgehead atoms. The smallest absolute Gasteiger partial charge is 0.271 e. The first-order valence-corrected chi connectivity index (χ1v) is 16.7. The highest BCUT2D eigenvalue weighted by molar-refractivity contribution is 7.92. The molecule has 1 N–H and O–H groups in total. The molecule has 10 nitrogen and oxygen atoms in total. The van der Waals surface area contributed by atoms with E-state index in [2.05, 4.69) is 5.32 Å². The number of benzene rings is 3. The monoisotopic (exact) mass is 660 g/mol. The van der Waals surface area contributed by atoms with Crippen molar-refractivity contribution in [3.05, 3.63) is 104 Å². The van der Waals surface area contributed by atoms with Gasteiger partial charge in [0.1, 0.15) is 12.6 Å². The maximum absolute atomic E-state index is 14.3. The molecule has 3 aromatic carbocycles. The third-order valence-corrected chi connectivity index (χ3v) is 9.55. The lowest BCUT2D eigenvalue weighted by atomic mass is 10.0. The van der Waals surface area contributed by atoms with Gasteiger partial charge in [-0.2, -0.15) is 0 Å². The molecule has 0 aliphatic heterocycles. The molecule has 3 aromatic rings. The van der Waals surface area contributed by atoms with E-state index in [1.54, 1.807) is 25.1 Å². The molecule has 0 unspecified atom stereocenters. The Balaban J connectivity index is 1.80. The normalized spacial score (nSPS) is 14.2. The summed E-state index contributed by atoms with van der Waals surface area (Å²) in [6.45, 7) is 0.694.